The Morgan fingerprint density at radius 2 is 1.59 bits per heavy atom. The summed E-state index contributed by atoms with van der Waals surface area (Å²) >= 11 is 0. The van der Waals surface area contributed by atoms with Crippen LogP contribution in [0.3, 0.4) is 0 Å². The fraction of sp³-hybridized carbons (Fsp3) is 0.400. The van der Waals surface area contributed by atoms with E-state index in [1.165, 1.54) is 16.7 Å². The molecule has 0 saturated carbocycles. The molecular weight excluding hydrogens is 418 g/mol. The van der Waals surface area contributed by atoms with Crippen LogP contribution in [0.1, 0.15) is 82.5 Å². The van der Waals surface area contributed by atoms with Crippen LogP contribution in [-0.2, 0) is 13.1 Å². The van der Waals surface area contributed by atoms with Gasteiger partial charge in [0.25, 0.3) is 5.91 Å². The average molecular weight is 456 g/mol. The number of piperidine rings is 1. The minimum Gasteiger partial charge on any atom is -0.348 e. The number of hydrogen-bond donors (Lipinski definition) is 1. The van der Waals surface area contributed by atoms with E-state index in [0.29, 0.717) is 18.4 Å². The first-order valence-corrected chi connectivity index (χ1v) is 12.5. The van der Waals surface area contributed by atoms with E-state index < -0.39 is 0 Å². The molecule has 1 amide bonds. The predicted octanol–water partition coefficient (Wildman–Crippen LogP) is 6.13. The van der Waals surface area contributed by atoms with Gasteiger partial charge in [0.05, 0.1) is 11.3 Å². The summed E-state index contributed by atoms with van der Waals surface area (Å²) in [6, 6.07) is 21.2. The van der Waals surface area contributed by atoms with Gasteiger partial charge >= 0.3 is 0 Å². The molecule has 4 nitrogen and oxygen atoms in total. The van der Waals surface area contributed by atoms with Crippen LogP contribution in [0.5, 0.6) is 0 Å². The van der Waals surface area contributed by atoms with E-state index in [9.17, 15) is 4.79 Å². The van der Waals surface area contributed by atoms with E-state index in [2.05, 4.69) is 79.5 Å². The van der Waals surface area contributed by atoms with E-state index in [1.54, 1.807) is 0 Å². The SMILES string of the molecule is Cc1ccc(CNC(=O)c2ccc(C)nc2C2CCN(Cc3ccc(C(C)C)cc3)CC2)cc1. The van der Waals surface area contributed by atoms with Gasteiger partial charge in [-0.25, -0.2) is 0 Å². The molecule has 0 radical (unpaired) electrons. The molecule has 0 unspecified atom stereocenters. The lowest BCUT2D eigenvalue weighted by Gasteiger charge is -2.32. The first-order chi connectivity index (χ1) is 16.4. The second-order valence-corrected chi connectivity index (χ2v) is 10.0. The van der Waals surface area contributed by atoms with Crippen molar-refractivity contribution in [3.05, 3.63) is 99.9 Å². The van der Waals surface area contributed by atoms with Gasteiger partial charge in [-0.3, -0.25) is 14.7 Å². The lowest BCUT2D eigenvalue weighted by molar-refractivity contribution is 0.0948. The third-order valence-corrected chi connectivity index (χ3v) is 6.91. The maximum Gasteiger partial charge on any atom is 0.253 e. The smallest absolute Gasteiger partial charge is 0.253 e. The van der Waals surface area contributed by atoms with Crippen molar-refractivity contribution in [3.63, 3.8) is 0 Å². The third-order valence-electron chi connectivity index (χ3n) is 6.91. The second kappa shape index (κ2) is 11.0. The number of benzene rings is 2. The largest absolute Gasteiger partial charge is 0.348 e. The Kier molecular flexibility index (Phi) is 7.79. The standard InChI is InChI=1S/C30H37N3O/c1-21(2)26-12-10-25(11-13-26)20-33-17-15-27(16-18-33)29-28(14-7-23(4)32-29)30(34)31-19-24-8-5-22(3)6-9-24/h5-14,21,27H,15-20H2,1-4H3,(H,31,34). The molecule has 1 N–H and O–H groups in total. The number of rotatable bonds is 7. The Labute approximate surface area is 204 Å². The number of nitrogens with zero attached hydrogens (tertiary/aromatic N) is 2. The van der Waals surface area contributed by atoms with Crippen LogP contribution < -0.4 is 5.32 Å². The molecule has 4 heteroatoms. The normalized spacial score (nSPS) is 15.0. The zero-order valence-electron chi connectivity index (χ0n) is 21.0. The second-order valence-electron chi connectivity index (χ2n) is 10.0. The molecule has 0 aliphatic carbocycles. The maximum absolute atomic E-state index is 13.1. The van der Waals surface area contributed by atoms with Crippen molar-refractivity contribution < 1.29 is 4.79 Å². The summed E-state index contributed by atoms with van der Waals surface area (Å²) in [4.78, 5) is 20.4. The monoisotopic (exact) mass is 455 g/mol. The summed E-state index contributed by atoms with van der Waals surface area (Å²) in [6.07, 6.45) is 2.05. The molecule has 0 atom stereocenters. The third kappa shape index (κ3) is 6.12. The van der Waals surface area contributed by atoms with Gasteiger partial charge in [0.15, 0.2) is 0 Å². The number of pyridine rings is 1. The zero-order chi connectivity index (χ0) is 24.1. The van der Waals surface area contributed by atoms with Crippen molar-refractivity contribution in [3.8, 4) is 0 Å². The molecular formula is C30H37N3O. The van der Waals surface area contributed by atoms with E-state index in [-0.39, 0.29) is 5.91 Å². The van der Waals surface area contributed by atoms with Crippen molar-refractivity contribution >= 4 is 5.91 Å². The summed E-state index contributed by atoms with van der Waals surface area (Å²) in [6.45, 7) is 12.1. The van der Waals surface area contributed by atoms with Gasteiger partial charge in [-0.15, -0.1) is 0 Å². The van der Waals surface area contributed by atoms with Crippen molar-refractivity contribution in [1.29, 1.82) is 0 Å². The number of aromatic nitrogens is 1. The lowest BCUT2D eigenvalue weighted by Crippen LogP contribution is -2.34. The van der Waals surface area contributed by atoms with Crippen molar-refractivity contribution in [2.45, 2.75) is 65.5 Å². The van der Waals surface area contributed by atoms with Crippen LogP contribution in [0.2, 0.25) is 0 Å². The summed E-state index contributed by atoms with van der Waals surface area (Å²) < 4.78 is 0. The predicted molar refractivity (Wildman–Crippen MR) is 139 cm³/mol. The molecule has 1 fully saturated rings. The fourth-order valence-electron chi connectivity index (χ4n) is 4.69. The van der Waals surface area contributed by atoms with Crippen LogP contribution in [0.4, 0.5) is 0 Å². The Morgan fingerprint density at radius 1 is 0.941 bits per heavy atom. The van der Waals surface area contributed by atoms with Gasteiger partial charge in [0.2, 0.25) is 0 Å². The van der Waals surface area contributed by atoms with Crippen LogP contribution >= 0.6 is 0 Å². The van der Waals surface area contributed by atoms with Crippen molar-refractivity contribution in [1.82, 2.24) is 15.2 Å². The van der Waals surface area contributed by atoms with E-state index in [4.69, 9.17) is 4.98 Å². The quantitative estimate of drug-likeness (QED) is 0.466. The number of hydrogen-bond acceptors (Lipinski definition) is 3. The molecule has 0 spiro atoms. The molecule has 1 saturated heterocycles. The lowest BCUT2D eigenvalue weighted by atomic mass is 9.89. The molecule has 3 aromatic rings. The summed E-state index contributed by atoms with van der Waals surface area (Å²) in [5, 5.41) is 3.10. The number of likely N-dealkylation sites (tertiary alicyclic amines) is 1. The highest BCUT2D eigenvalue weighted by Gasteiger charge is 2.26. The molecule has 2 heterocycles. The Balaban J connectivity index is 1.38. The van der Waals surface area contributed by atoms with Crippen LogP contribution in [0, 0.1) is 13.8 Å². The topological polar surface area (TPSA) is 45.2 Å². The summed E-state index contributed by atoms with van der Waals surface area (Å²) in [7, 11) is 0. The Hall–Kier alpha value is -2.98. The summed E-state index contributed by atoms with van der Waals surface area (Å²) in [5.74, 6) is 0.852. The number of nitrogens with one attached hydrogen (secondary N) is 1. The van der Waals surface area contributed by atoms with Crippen molar-refractivity contribution in [2.24, 2.45) is 0 Å². The minimum absolute atomic E-state index is 0.0317. The molecule has 0 bridgehead atoms. The first kappa shape index (κ1) is 24.2. The Bertz CT molecular complexity index is 1090. The van der Waals surface area contributed by atoms with Crippen LogP contribution in [0.15, 0.2) is 60.7 Å². The molecule has 4 rings (SSSR count). The minimum atomic E-state index is -0.0317. The van der Waals surface area contributed by atoms with Crippen LogP contribution in [0.25, 0.3) is 0 Å². The van der Waals surface area contributed by atoms with Gasteiger partial charge in [-0.1, -0.05) is 67.9 Å². The van der Waals surface area contributed by atoms with Gasteiger partial charge in [-0.05, 0) is 74.5 Å². The highest BCUT2D eigenvalue weighted by Crippen LogP contribution is 2.30. The molecule has 1 aliphatic heterocycles. The molecule has 1 aliphatic rings. The average Bonchev–Trinajstić information content (AvgIpc) is 2.84. The molecule has 1 aromatic heterocycles. The number of aryl methyl sites for hydroxylation is 2. The van der Waals surface area contributed by atoms with Gasteiger partial charge in [0, 0.05) is 24.7 Å². The first-order valence-electron chi connectivity index (χ1n) is 12.5. The number of carbonyl (C=O) groups excluding carboxylic acids is 1. The van der Waals surface area contributed by atoms with E-state index in [1.807, 2.05) is 19.1 Å². The van der Waals surface area contributed by atoms with E-state index >= 15 is 0 Å². The zero-order valence-corrected chi connectivity index (χ0v) is 21.0. The highest BCUT2D eigenvalue weighted by atomic mass is 16.1. The van der Waals surface area contributed by atoms with Gasteiger partial charge < -0.3 is 5.32 Å². The number of amides is 1. The van der Waals surface area contributed by atoms with Crippen LogP contribution in [-0.4, -0.2) is 28.9 Å². The van der Waals surface area contributed by atoms with Crippen molar-refractivity contribution in [2.75, 3.05) is 13.1 Å². The maximum atomic E-state index is 13.1. The number of carbonyl (C=O) groups is 1. The molecule has 34 heavy (non-hydrogen) atoms. The Morgan fingerprint density at radius 3 is 2.24 bits per heavy atom. The summed E-state index contributed by atoms with van der Waals surface area (Å²) in [5.41, 5.74) is 7.74. The van der Waals surface area contributed by atoms with Gasteiger partial charge in [-0.2, -0.15) is 0 Å². The molecule has 178 valence electrons. The van der Waals surface area contributed by atoms with Gasteiger partial charge in [0.1, 0.15) is 0 Å². The highest BCUT2D eigenvalue weighted by molar-refractivity contribution is 5.95. The molecule has 2 aromatic carbocycles. The van der Waals surface area contributed by atoms with E-state index in [0.717, 1.165) is 55.0 Å². The fourth-order valence-corrected chi connectivity index (χ4v) is 4.69.